The van der Waals surface area contributed by atoms with Crippen LogP contribution < -0.4 is 5.32 Å². The molecule has 5 nitrogen and oxygen atoms in total. The largest absolute Gasteiger partial charge is 0.394 e. The summed E-state index contributed by atoms with van der Waals surface area (Å²) in [4.78, 5) is 0. The minimum absolute atomic E-state index is 0.211. The van der Waals surface area contributed by atoms with E-state index < -0.39 is 6.10 Å². The van der Waals surface area contributed by atoms with Crippen LogP contribution in [-0.2, 0) is 9.47 Å². The summed E-state index contributed by atoms with van der Waals surface area (Å²) in [6.07, 6.45) is -0.682. The third-order valence-corrected chi connectivity index (χ3v) is 1.45. The maximum atomic E-state index is 8.93. The first-order valence-corrected chi connectivity index (χ1v) is 4.37. The Kier molecular flexibility index (Phi) is 9.73. The van der Waals surface area contributed by atoms with Crippen molar-refractivity contribution in [3.05, 3.63) is 0 Å². The standard InChI is InChI=1S/C8H19NO4/c1-12-4-5-13-3-2-9-6-8(11)7-10/h8-11H,2-7H2,1H3/t8-/m0/s1. The molecule has 13 heavy (non-hydrogen) atoms. The molecule has 0 saturated carbocycles. The fourth-order valence-corrected chi connectivity index (χ4v) is 0.722. The third kappa shape index (κ3) is 9.72. The Morgan fingerprint density at radius 1 is 1.31 bits per heavy atom. The maximum Gasteiger partial charge on any atom is 0.0894 e. The van der Waals surface area contributed by atoms with Crippen LogP contribution in [0.1, 0.15) is 0 Å². The lowest BCUT2D eigenvalue weighted by Gasteiger charge is -2.08. The van der Waals surface area contributed by atoms with Crippen molar-refractivity contribution in [1.29, 1.82) is 0 Å². The Hall–Kier alpha value is -0.200. The quantitative estimate of drug-likeness (QED) is 0.393. The molecule has 0 bridgehead atoms. The molecule has 0 aliphatic rings. The molecular weight excluding hydrogens is 174 g/mol. The van der Waals surface area contributed by atoms with E-state index in [2.05, 4.69) is 5.32 Å². The average Bonchev–Trinajstić information content (AvgIpc) is 2.16. The summed E-state index contributed by atoms with van der Waals surface area (Å²) in [6.45, 7) is 2.62. The number of nitrogens with one attached hydrogen (secondary N) is 1. The zero-order chi connectivity index (χ0) is 9.94. The summed E-state index contributed by atoms with van der Waals surface area (Å²) in [5.74, 6) is 0. The van der Waals surface area contributed by atoms with E-state index in [4.69, 9.17) is 19.7 Å². The number of hydrogen-bond donors (Lipinski definition) is 3. The van der Waals surface area contributed by atoms with E-state index in [0.29, 0.717) is 32.9 Å². The highest BCUT2D eigenvalue weighted by atomic mass is 16.5. The van der Waals surface area contributed by atoms with E-state index in [0.717, 1.165) is 0 Å². The van der Waals surface area contributed by atoms with Crippen LogP contribution in [0.15, 0.2) is 0 Å². The van der Waals surface area contributed by atoms with Gasteiger partial charge < -0.3 is 25.0 Å². The van der Waals surface area contributed by atoms with Crippen LogP contribution in [0.5, 0.6) is 0 Å². The van der Waals surface area contributed by atoms with Gasteiger partial charge in [0.25, 0.3) is 0 Å². The molecule has 3 N–H and O–H groups in total. The Labute approximate surface area is 78.7 Å². The van der Waals surface area contributed by atoms with Crippen LogP contribution in [-0.4, -0.2) is 62.9 Å². The van der Waals surface area contributed by atoms with Crippen molar-refractivity contribution in [1.82, 2.24) is 5.32 Å². The topological polar surface area (TPSA) is 71.0 Å². The van der Waals surface area contributed by atoms with Crippen molar-refractivity contribution < 1.29 is 19.7 Å². The van der Waals surface area contributed by atoms with Crippen LogP contribution in [0.2, 0.25) is 0 Å². The molecule has 0 aliphatic carbocycles. The van der Waals surface area contributed by atoms with Gasteiger partial charge >= 0.3 is 0 Å². The zero-order valence-electron chi connectivity index (χ0n) is 8.03. The summed E-state index contributed by atoms with van der Waals surface area (Å²) >= 11 is 0. The second-order valence-electron chi connectivity index (χ2n) is 2.65. The van der Waals surface area contributed by atoms with Gasteiger partial charge in [0, 0.05) is 20.2 Å². The lowest BCUT2D eigenvalue weighted by molar-refractivity contribution is 0.0664. The van der Waals surface area contributed by atoms with Gasteiger partial charge in [-0.1, -0.05) is 0 Å². The van der Waals surface area contributed by atoms with Gasteiger partial charge in [-0.3, -0.25) is 0 Å². The maximum absolute atomic E-state index is 8.93. The molecular formula is C8H19NO4. The number of ether oxygens (including phenoxy) is 2. The average molecular weight is 193 g/mol. The lowest BCUT2D eigenvalue weighted by atomic mass is 10.4. The van der Waals surface area contributed by atoms with Crippen LogP contribution >= 0.6 is 0 Å². The van der Waals surface area contributed by atoms with Crippen LogP contribution in [0.4, 0.5) is 0 Å². The fourth-order valence-electron chi connectivity index (χ4n) is 0.722. The summed E-state index contributed by atoms with van der Waals surface area (Å²) in [5.41, 5.74) is 0. The summed E-state index contributed by atoms with van der Waals surface area (Å²) in [6, 6.07) is 0. The van der Waals surface area contributed by atoms with Crippen molar-refractivity contribution >= 4 is 0 Å². The monoisotopic (exact) mass is 193 g/mol. The normalized spacial score (nSPS) is 13.2. The van der Waals surface area contributed by atoms with E-state index in [1.807, 2.05) is 0 Å². The molecule has 0 radical (unpaired) electrons. The molecule has 0 unspecified atom stereocenters. The number of aliphatic hydroxyl groups is 2. The predicted molar refractivity (Wildman–Crippen MR) is 48.7 cm³/mol. The van der Waals surface area contributed by atoms with Gasteiger partial charge in [0.05, 0.1) is 32.5 Å². The SMILES string of the molecule is COCCOCCNC[C@H](O)CO. The van der Waals surface area contributed by atoms with Crippen LogP contribution in [0, 0.1) is 0 Å². The summed E-state index contributed by atoms with van der Waals surface area (Å²) in [5, 5.41) is 20.3. The Morgan fingerprint density at radius 3 is 2.69 bits per heavy atom. The summed E-state index contributed by atoms with van der Waals surface area (Å²) < 4.78 is 9.94. The van der Waals surface area contributed by atoms with E-state index in [1.54, 1.807) is 7.11 Å². The van der Waals surface area contributed by atoms with Gasteiger partial charge in [0.1, 0.15) is 0 Å². The molecule has 0 saturated heterocycles. The van der Waals surface area contributed by atoms with Crippen molar-refractivity contribution in [2.75, 3.05) is 46.6 Å². The van der Waals surface area contributed by atoms with Gasteiger partial charge in [-0.2, -0.15) is 0 Å². The molecule has 0 heterocycles. The summed E-state index contributed by atoms with van der Waals surface area (Å²) in [7, 11) is 1.62. The van der Waals surface area contributed by atoms with E-state index >= 15 is 0 Å². The highest BCUT2D eigenvalue weighted by Crippen LogP contribution is 1.77. The van der Waals surface area contributed by atoms with Crippen molar-refractivity contribution in [2.45, 2.75) is 6.10 Å². The minimum Gasteiger partial charge on any atom is -0.394 e. The smallest absolute Gasteiger partial charge is 0.0894 e. The molecule has 0 aromatic rings. The fraction of sp³-hybridized carbons (Fsp3) is 1.00. The molecule has 0 spiro atoms. The van der Waals surface area contributed by atoms with E-state index in [1.165, 1.54) is 0 Å². The molecule has 80 valence electrons. The molecule has 0 rings (SSSR count). The predicted octanol–water partition coefficient (Wildman–Crippen LogP) is -1.41. The van der Waals surface area contributed by atoms with E-state index in [-0.39, 0.29) is 6.61 Å². The second kappa shape index (κ2) is 9.88. The first kappa shape index (κ1) is 12.8. The van der Waals surface area contributed by atoms with Crippen molar-refractivity contribution in [3.63, 3.8) is 0 Å². The van der Waals surface area contributed by atoms with Gasteiger partial charge in [-0.05, 0) is 0 Å². The Balaban J connectivity index is 2.91. The van der Waals surface area contributed by atoms with Gasteiger partial charge in [-0.15, -0.1) is 0 Å². The highest BCUT2D eigenvalue weighted by molar-refractivity contribution is 4.56. The Morgan fingerprint density at radius 2 is 2.08 bits per heavy atom. The third-order valence-electron chi connectivity index (χ3n) is 1.45. The first-order valence-electron chi connectivity index (χ1n) is 4.37. The number of aliphatic hydroxyl groups excluding tert-OH is 2. The zero-order valence-corrected chi connectivity index (χ0v) is 8.03. The number of rotatable bonds is 9. The van der Waals surface area contributed by atoms with Gasteiger partial charge in [-0.25, -0.2) is 0 Å². The van der Waals surface area contributed by atoms with Crippen molar-refractivity contribution in [3.8, 4) is 0 Å². The molecule has 0 aromatic carbocycles. The second-order valence-corrected chi connectivity index (χ2v) is 2.65. The van der Waals surface area contributed by atoms with Gasteiger partial charge in [0.15, 0.2) is 0 Å². The number of hydrogen-bond acceptors (Lipinski definition) is 5. The number of methoxy groups -OCH3 is 1. The highest BCUT2D eigenvalue weighted by Gasteiger charge is 1.99. The van der Waals surface area contributed by atoms with E-state index in [9.17, 15) is 0 Å². The van der Waals surface area contributed by atoms with Crippen molar-refractivity contribution in [2.24, 2.45) is 0 Å². The van der Waals surface area contributed by atoms with Crippen LogP contribution in [0.25, 0.3) is 0 Å². The lowest BCUT2D eigenvalue weighted by Crippen LogP contribution is -2.31. The van der Waals surface area contributed by atoms with Gasteiger partial charge in [0.2, 0.25) is 0 Å². The Bertz CT molecular complexity index is 102. The van der Waals surface area contributed by atoms with Crippen LogP contribution in [0.3, 0.4) is 0 Å². The molecule has 0 fully saturated rings. The first-order chi connectivity index (χ1) is 6.31. The molecule has 0 amide bonds. The molecule has 5 heteroatoms. The molecule has 1 atom stereocenters. The minimum atomic E-state index is -0.682. The molecule has 0 aromatic heterocycles. The molecule has 0 aliphatic heterocycles.